The zero-order valence-electron chi connectivity index (χ0n) is 10.6. The maximum absolute atomic E-state index is 11.0. The van der Waals surface area contributed by atoms with Crippen molar-refractivity contribution in [3.8, 4) is 11.6 Å². The predicted octanol–water partition coefficient (Wildman–Crippen LogP) is 3.56. The van der Waals surface area contributed by atoms with Gasteiger partial charge in [0.15, 0.2) is 0 Å². The van der Waals surface area contributed by atoms with Crippen LogP contribution in [-0.4, -0.2) is 9.91 Å². The van der Waals surface area contributed by atoms with Gasteiger partial charge in [-0.3, -0.25) is 10.1 Å². The van der Waals surface area contributed by atoms with Crippen molar-refractivity contribution < 1.29 is 9.66 Å². The number of hydrogen-bond acceptors (Lipinski definition) is 5. The summed E-state index contributed by atoms with van der Waals surface area (Å²) in [4.78, 5) is 14.6. The molecule has 0 saturated carbocycles. The Hall–Kier alpha value is -1.99. The van der Waals surface area contributed by atoms with E-state index in [0.29, 0.717) is 4.47 Å². The Morgan fingerprint density at radius 3 is 2.70 bits per heavy atom. The number of halogens is 1. The van der Waals surface area contributed by atoms with Crippen LogP contribution in [0.4, 0.5) is 5.69 Å². The number of benzene rings is 1. The van der Waals surface area contributed by atoms with E-state index in [1.165, 1.54) is 12.1 Å². The van der Waals surface area contributed by atoms with Crippen molar-refractivity contribution in [3.63, 3.8) is 0 Å². The van der Waals surface area contributed by atoms with Gasteiger partial charge in [-0.2, -0.15) is 0 Å². The third-order valence-electron chi connectivity index (χ3n) is 2.62. The van der Waals surface area contributed by atoms with E-state index < -0.39 is 4.92 Å². The van der Waals surface area contributed by atoms with Crippen LogP contribution in [0.25, 0.3) is 0 Å². The van der Waals surface area contributed by atoms with Crippen molar-refractivity contribution in [3.05, 3.63) is 56.7 Å². The highest BCUT2D eigenvalue weighted by Crippen LogP contribution is 2.33. The van der Waals surface area contributed by atoms with Gasteiger partial charge in [0.1, 0.15) is 0 Å². The van der Waals surface area contributed by atoms with Crippen LogP contribution < -0.4 is 10.5 Å². The average molecular weight is 338 g/mol. The van der Waals surface area contributed by atoms with Crippen LogP contribution in [0.15, 0.2) is 41.0 Å². The lowest BCUT2D eigenvalue weighted by molar-refractivity contribution is -0.385. The summed E-state index contributed by atoms with van der Waals surface area (Å²) < 4.78 is 6.05. The molecule has 0 bridgehead atoms. The van der Waals surface area contributed by atoms with E-state index in [1.54, 1.807) is 24.4 Å². The van der Waals surface area contributed by atoms with Gasteiger partial charge in [-0.05, 0) is 24.6 Å². The van der Waals surface area contributed by atoms with E-state index in [-0.39, 0.29) is 23.4 Å². The van der Waals surface area contributed by atoms with Gasteiger partial charge in [0.25, 0.3) is 0 Å². The van der Waals surface area contributed by atoms with E-state index in [4.69, 9.17) is 10.5 Å². The lowest BCUT2D eigenvalue weighted by Crippen LogP contribution is -2.05. The Morgan fingerprint density at radius 2 is 2.15 bits per heavy atom. The molecule has 104 valence electrons. The third-order valence-corrected chi connectivity index (χ3v) is 3.11. The Labute approximate surface area is 123 Å². The van der Waals surface area contributed by atoms with Gasteiger partial charge < -0.3 is 10.5 Å². The summed E-state index contributed by atoms with van der Waals surface area (Å²) >= 11 is 3.19. The number of nitro groups is 1. The zero-order valence-corrected chi connectivity index (χ0v) is 12.2. The topological polar surface area (TPSA) is 91.3 Å². The summed E-state index contributed by atoms with van der Waals surface area (Å²) in [5.41, 5.74) is 6.46. The van der Waals surface area contributed by atoms with Crippen molar-refractivity contribution in [2.75, 3.05) is 0 Å². The van der Waals surface area contributed by atoms with E-state index >= 15 is 0 Å². The lowest BCUT2D eigenvalue weighted by Gasteiger charge is -2.08. The Morgan fingerprint density at radius 1 is 1.40 bits per heavy atom. The molecular weight excluding hydrogens is 326 g/mol. The zero-order chi connectivity index (χ0) is 14.7. The van der Waals surface area contributed by atoms with Crippen LogP contribution in [-0.2, 0) is 0 Å². The van der Waals surface area contributed by atoms with Gasteiger partial charge in [0.2, 0.25) is 11.6 Å². The Bertz CT molecular complexity index is 629. The summed E-state index contributed by atoms with van der Waals surface area (Å²) in [6.07, 6.45) is 1.59. The van der Waals surface area contributed by atoms with E-state index in [2.05, 4.69) is 20.9 Å². The van der Waals surface area contributed by atoms with Crippen molar-refractivity contribution in [2.45, 2.75) is 13.0 Å². The summed E-state index contributed by atoms with van der Waals surface area (Å²) in [5, 5.41) is 11.0. The smallest absolute Gasteiger partial charge is 0.312 e. The molecule has 0 aliphatic heterocycles. The number of nitro benzene ring substituents is 1. The molecule has 0 fully saturated rings. The number of nitrogens with two attached hydrogens (primary N) is 1. The normalized spacial score (nSPS) is 11.9. The predicted molar refractivity (Wildman–Crippen MR) is 77.7 cm³/mol. The van der Waals surface area contributed by atoms with Gasteiger partial charge in [0.05, 0.1) is 4.92 Å². The first-order valence-corrected chi connectivity index (χ1v) is 6.60. The molecule has 0 aliphatic carbocycles. The average Bonchev–Trinajstić information content (AvgIpc) is 2.41. The van der Waals surface area contributed by atoms with Crippen LogP contribution in [0.3, 0.4) is 0 Å². The minimum absolute atomic E-state index is 0.126. The van der Waals surface area contributed by atoms with Crippen molar-refractivity contribution in [1.82, 2.24) is 4.98 Å². The monoisotopic (exact) mass is 337 g/mol. The molecule has 7 heteroatoms. The molecule has 1 unspecified atom stereocenters. The number of rotatable bonds is 4. The van der Waals surface area contributed by atoms with Crippen LogP contribution in [0.5, 0.6) is 11.6 Å². The molecule has 0 spiro atoms. The molecule has 0 radical (unpaired) electrons. The molecule has 20 heavy (non-hydrogen) atoms. The SMILES string of the molecule is CC(N)c1ccc(Oc2ccc(Br)cc2[N+](=O)[O-])nc1. The van der Waals surface area contributed by atoms with Crippen LogP contribution in [0.2, 0.25) is 0 Å². The third kappa shape index (κ3) is 3.31. The fourth-order valence-electron chi connectivity index (χ4n) is 1.55. The molecule has 6 nitrogen and oxygen atoms in total. The maximum Gasteiger partial charge on any atom is 0.312 e. The first kappa shape index (κ1) is 14.4. The van der Waals surface area contributed by atoms with Crippen LogP contribution >= 0.6 is 15.9 Å². The molecule has 1 heterocycles. The van der Waals surface area contributed by atoms with E-state index in [1.807, 2.05) is 6.92 Å². The molecule has 0 amide bonds. The van der Waals surface area contributed by atoms with Gasteiger partial charge in [-0.25, -0.2) is 4.98 Å². The Balaban J connectivity index is 2.28. The molecule has 1 aromatic carbocycles. The molecule has 0 saturated heterocycles. The number of ether oxygens (including phenoxy) is 1. The number of aromatic nitrogens is 1. The highest BCUT2D eigenvalue weighted by atomic mass is 79.9. The summed E-state index contributed by atoms with van der Waals surface area (Å²) in [6.45, 7) is 1.84. The fourth-order valence-corrected chi connectivity index (χ4v) is 1.90. The molecule has 1 atom stereocenters. The highest BCUT2D eigenvalue weighted by Gasteiger charge is 2.16. The van der Waals surface area contributed by atoms with Gasteiger partial charge in [0, 0.05) is 28.8 Å². The molecule has 0 aliphatic rings. The van der Waals surface area contributed by atoms with Crippen LogP contribution in [0.1, 0.15) is 18.5 Å². The van der Waals surface area contributed by atoms with Gasteiger partial charge in [-0.1, -0.05) is 22.0 Å². The van der Waals surface area contributed by atoms with E-state index in [0.717, 1.165) is 5.56 Å². The second-order valence-electron chi connectivity index (χ2n) is 4.19. The molecular formula is C13H12BrN3O3. The van der Waals surface area contributed by atoms with Crippen molar-refractivity contribution in [1.29, 1.82) is 0 Å². The standard InChI is InChI=1S/C13H12BrN3O3/c1-8(15)9-2-5-13(16-7-9)20-12-4-3-10(14)6-11(12)17(18)19/h2-8H,15H2,1H3. The Kier molecular flexibility index (Phi) is 4.31. The second-order valence-corrected chi connectivity index (χ2v) is 5.11. The minimum atomic E-state index is -0.504. The first-order chi connectivity index (χ1) is 9.47. The quantitative estimate of drug-likeness (QED) is 0.680. The summed E-state index contributed by atoms with van der Waals surface area (Å²) in [7, 11) is 0. The molecule has 2 aromatic rings. The number of nitrogens with zero attached hydrogens (tertiary/aromatic N) is 2. The lowest BCUT2D eigenvalue weighted by atomic mass is 10.2. The second kappa shape index (κ2) is 5.98. The highest BCUT2D eigenvalue weighted by molar-refractivity contribution is 9.10. The van der Waals surface area contributed by atoms with Crippen molar-refractivity contribution in [2.24, 2.45) is 5.73 Å². The summed E-state index contributed by atoms with van der Waals surface area (Å²) in [6, 6.07) is 7.84. The fraction of sp³-hybridized carbons (Fsp3) is 0.154. The van der Waals surface area contributed by atoms with Crippen molar-refractivity contribution >= 4 is 21.6 Å². The first-order valence-electron chi connectivity index (χ1n) is 5.80. The maximum atomic E-state index is 11.0. The van der Waals surface area contributed by atoms with Gasteiger partial charge >= 0.3 is 5.69 Å². The van der Waals surface area contributed by atoms with E-state index in [9.17, 15) is 10.1 Å². The van der Waals surface area contributed by atoms with Crippen LogP contribution in [0, 0.1) is 10.1 Å². The summed E-state index contributed by atoms with van der Waals surface area (Å²) in [5.74, 6) is 0.416. The molecule has 2 N–H and O–H groups in total. The van der Waals surface area contributed by atoms with Gasteiger partial charge in [-0.15, -0.1) is 0 Å². The molecule has 1 aromatic heterocycles. The molecule has 2 rings (SSSR count). The minimum Gasteiger partial charge on any atom is -0.432 e. The number of hydrogen-bond donors (Lipinski definition) is 1. The largest absolute Gasteiger partial charge is 0.432 e. The number of pyridine rings is 1.